The first-order chi connectivity index (χ1) is 13.5. The van der Waals surface area contributed by atoms with Gasteiger partial charge in [0.15, 0.2) is 4.32 Å². The van der Waals surface area contributed by atoms with Crippen molar-refractivity contribution in [2.75, 3.05) is 12.0 Å². The zero-order valence-electron chi connectivity index (χ0n) is 14.6. The Kier molecular flexibility index (Phi) is 5.10. The fourth-order valence-corrected chi connectivity index (χ4v) is 4.50. The molecule has 1 aliphatic rings. The van der Waals surface area contributed by atoms with Crippen molar-refractivity contribution in [2.24, 2.45) is 0 Å². The number of thioether (sulfide) groups is 1. The topological polar surface area (TPSA) is 29.5 Å². The smallest absolute Gasteiger partial charge is 0.270 e. The SMILES string of the molecule is COc1ccc2ccccc2c1C=C1SC(=S)N(c2ccc(F)c(Cl)c2)C1=O. The predicted molar refractivity (Wildman–Crippen MR) is 118 cm³/mol. The molecule has 0 bridgehead atoms. The predicted octanol–water partition coefficient (Wildman–Crippen LogP) is 6.05. The highest BCUT2D eigenvalue weighted by atomic mass is 35.5. The lowest BCUT2D eigenvalue weighted by atomic mass is 10.0. The molecule has 1 aliphatic heterocycles. The molecule has 3 aromatic carbocycles. The number of nitrogens with zero attached hydrogens (tertiary/aromatic N) is 1. The molecule has 140 valence electrons. The Morgan fingerprint density at radius 1 is 1.18 bits per heavy atom. The van der Waals surface area contributed by atoms with E-state index in [2.05, 4.69) is 0 Å². The van der Waals surface area contributed by atoms with Crippen molar-refractivity contribution in [3.63, 3.8) is 0 Å². The highest BCUT2D eigenvalue weighted by Gasteiger charge is 2.34. The van der Waals surface area contributed by atoms with Crippen LogP contribution in [0.15, 0.2) is 59.5 Å². The summed E-state index contributed by atoms with van der Waals surface area (Å²) in [6, 6.07) is 15.8. The normalized spacial score (nSPS) is 15.7. The third kappa shape index (κ3) is 3.28. The van der Waals surface area contributed by atoms with Crippen molar-refractivity contribution in [1.82, 2.24) is 0 Å². The number of amides is 1. The summed E-state index contributed by atoms with van der Waals surface area (Å²) in [5.41, 5.74) is 1.24. The molecule has 28 heavy (non-hydrogen) atoms. The van der Waals surface area contributed by atoms with E-state index in [0.29, 0.717) is 20.7 Å². The second-order valence-electron chi connectivity index (χ2n) is 6.02. The number of halogens is 2. The third-order valence-electron chi connectivity index (χ3n) is 4.38. The van der Waals surface area contributed by atoms with Gasteiger partial charge in [0.25, 0.3) is 5.91 Å². The number of carbonyl (C=O) groups is 1. The van der Waals surface area contributed by atoms with E-state index in [1.165, 1.54) is 34.9 Å². The van der Waals surface area contributed by atoms with E-state index in [1.54, 1.807) is 13.2 Å². The minimum atomic E-state index is -0.549. The quantitative estimate of drug-likeness (QED) is 0.374. The molecule has 0 spiro atoms. The first kappa shape index (κ1) is 18.9. The molecule has 3 nitrogen and oxygen atoms in total. The van der Waals surface area contributed by atoms with Crippen LogP contribution < -0.4 is 9.64 Å². The molecule has 1 fully saturated rings. The van der Waals surface area contributed by atoms with Crippen LogP contribution in [0, 0.1) is 5.82 Å². The molecule has 1 heterocycles. The lowest BCUT2D eigenvalue weighted by molar-refractivity contribution is -0.113. The maximum Gasteiger partial charge on any atom is 0.270 e. The van der Waals surface area contributed by atoms with Crippen LogP contribution in [0.5, 0.6) is 5.75 Å². The number of fused-ring (bicyclic) bond motifs is 1. The second kappa shape index (κ2) is 7.54. The lowest BCUT2D eigenvalue weighted by Crippen LogP contribution is -2.27. The Balaban J connectivity index is 1.80. The summed E-state index contributed by atoms with van der Waals surface area (Å²) >= 11 is 12.4. The van der Waals surface area contributed by atoms with Gasteiger partial charge in [-0.3, -0.25) is 9.69 Å². The van der Waals surface area contributed by atoms with Crippen LogP contribution >= 0.6 is 35.6 Å². The Labute approximate surface area is 175 Å². The van der Waals surface area contributed by atoms with Gasteiger partial charge in [-0.2, -0.15) is 0 Å². The molecule has 0 aromatic heterocycles. The molecule has 0 atom stereocenters. The molecule has 0 unspecified atom stereocenters. The largest absolute Gasteiger partial charge is 0.496 e. The average molecular weight is 430 g/mol. The molecule has 1 saturated heterocycles. The van der Waals surface area contributed by atoms with Crippen molar-refractivity contribution in [3.05, 3.63) is 75.9 Å². The minimum absolute atomic E-state index is 0.0637. The highest BCUT2D eigenvalue weighted by Crippen LogP contribution is 2.39. The van der Waals surface area contributed by atoms with Gasteiger partial charge in [-0.05, 0) is 41.1 Å². The summed E-state index contributed by atoms with van der Waals surface area (Å²) in [5, 5.41) is 1.94. The molecular weight excluding hydrogens is 417 g/mol. The molecule has 0 saturated carbocycles. The van der Waals surface area contributed by atoms with Crippen LogP contribution in [0.2, 0.25) is 5.02 Å². The number of carbonyl (C=O) groups excluding carboxylic acids is 1. The van der Waals surface area contributed by atoms with Crippen molar-refractivity contribution in [1.29, 1.82) is 0 Å². The number of hydrogen-bond donors (Lipinski definition) is 0. The van der Waals surface area contributed by atoms with Crippen LogP contribution in [0.25, 0.3) is 16.8 Å². The number of anilines is 1. The van der Waals surface area contributed by atoms with E-state index in [0.717, 1.165) is 16.3 Å². The molecule has 0 N–H and O–H groups in total. The number of benzene rings is 3. The minimum Gasteiger partial charge on any atom is -0.496 e. The Hall–Kier alpha value is -2.41. The fraction of sp³-hybridized carbons (Fsp3) is 0.0476. The van der Waals surface area contributed by atoms with Gasteiger partial charge in [0, 0.05) is 5.56 Å². The van der Waals surface area contributed by atoms with Gasteiger partial charge < -0.3 is 4.74 Å². The maximum atomic E-state index is 13.5. The van der Waals surface area contributed by atoms with Gasteiger partial charge in [-0.15, -0.1) is 0 Å². The van der Waals surface area contributed by atoms with Crippen molar-refractivity contribution < 1.29 is 13.9 Å². The first-order valence-corrected chi connectivity index (χ1v) is 9.88. The van der Waals surface area contributed by atoms with Gasteiger partial charge in [0.05, 0.1) is 22.7 Å². The molecule has 1 amide bonds. The Morgan fingerprint density at radius 3 is 2.71 bits per heavy atom. The third-order valence-corrected chi connectivity index (χ3v) is 5.97. The number of ether oxygens (including phenoxy) is 1. The second-order valence-corrected chi connectivity index (χ2v) is 8.10. The Bertz CT molecular complexity index is 1160. The molecular formula is C21H13ClFNO2S2. The zero-order valence-corrected chi connectivity index (χ0v) is 17.0. The summed E-state index contributed by atoms with van der Waals surface area (Å²) < 4.78 is 19.3. The van der Waals surface area contributed by atoms with Gasteiger partial charge in [-0.1, -0.05) is 65.9 Å². The molecule has 0 radical (unpaired) electrons. The average Bonchev–Trinajstić information content (AvgIpc) is 2.97. The van der Waals surface area contributed by atoms with E-state index in [-0.39, 0.29) is 10.9 Å². The summed E-state index contributed by atoms with van der Waals surface area (Å²) in [4.78, 5) is 14.8. The first-order valence-electron chi connectivity index (χ1n) is 8.28. The van der Waals surface area contributed by atoms with E-state index in [4.69, 9.17) is 28.6 Å². The van der Waals surface area contributed by atoms with Crippen LogP contribution in [0.3, 0.4) is 0 Å². The molecule has 3 aromatic rings. The standard InChI is InChI=1S/C21H13ClFNO2S2/c1-26-18-9-6-12-4-2-3-5-14(12)15(18)11-19-20(25)24(21(27)28-19)13-7-8-17(23)16(22)10-13/h2-11H,1H3. The van der Waals surface area contributed by atoms with E-state index >= 15 is 0 Å². The zero-order chi connectivity index (χ0) is 19.8. The number of hydrogen-bond acceptors (Lipinski definition) is 4. The summed E-state index contributed by atoms with van der Waals surface area (Å²) in [5.74, 6) is -0.173. The van der Waals surface area contributed by atoms with E-state index in [1.807, 2.05) is 36.4 Å². The summed E-state index contributed by atoms with van der Waals surface area (Å²) in [6.45, 7) is 0. The number of methoxy groups -OCH3 is 1. The van der Waals surface area contributed by atoms with Gasteiger partial charge in [0.2, 0.25) is 0 Å². The maximum absolute atomic E-state index is 13.5. The van der Waals surface area contributed by atoms with Gasteiger partial charge in [-0.25, -0.2) is 4.39 Å². The molecule has 0 aliphatic carbocycles. The number of thiocarbonyl (C=S) groups is 1. The van der Waals surface area contributed by atoms with Crippen molar-refractivity contribution in [3.8, 4) is 5.75 Å². The molecule has 7 heteroatoms. The van der Waals surface area contributed by atoms with Gasteiger partial charge >= 0.3 is 0 Å². The van der Waals surface area contributed by atoms with Crippen LogP contribution in [-0.4, -0.2) is 17.3 Å². The van der Waals surface area contributed by atoms with Crippen LogP contribution in [-0.2, 0) is 4.79 Å². The molecule has 4 rings (SSSR count). The lowest BCUT2D eigenvalue weighted by Gasteiger charge is -2.15. The van der Waals surface area contributed by atoms with E-state index in [9.17, 15) is 9.18 Å². The van der Waals surface area contributed by atoms with Crippen LogP contribution in [0.4, 0.5) is 10.1 Å². The number of rotatable bonds is 3. The Morgan fingerprint density at radius 2 is 1.96 bits per heavy atom. The van der Waals surface area contributed by atoms with Crippen molar-refractivity contribution in [2.45, 2.75) is 0 Å². The summed E-state index contributed by atoms with van der Waals surface area (Å²) in [7, 11) is 1.59. The fourth-order valence-electron chi connectivity index (χ4n) is 3.05. The highest BCUT2D eigenvalue weighted by molar-refractivity contribution is 8.27. The van der Waals surface area contributed by atoms with Gasteiger partial charge in [0.1, 0.15) is 11.6 Å². The van der Waals surface area contributed by atoms with Crippen LogP contribution in [0.1, 0.15) is 5.56 Å². The van der Waals surface area contributed by atoms with E-state index < -0.39 is 5.82 Å². The monoisotopic (exact) mass is 429 g/mol. The summed E-state index contributed by atoms with van der Waals surface area (Å²) in [6.07, 6.45) is 1.78. The van der Waals surface area contributed by atoms with Crippen molar-refractivity contribution >= 4 is 68.3 Å².